The molecule has 0 spiro atoms. The van der Waals surface area contributed by atoms with Crippen LogP contribution in [0.25, 0.3) is 0 Å². The molecular formula is C43H65ClN12O11S2. The highest BCUT2D eigenvalue weighted by atomic mass is 35.5. The number of carbonyl (C=O) groups is 11. The first-order valence-electron chi connectivity index (χ1n) is 22.5. The van der Waals surface area contributed by atoms with Crippen molar-refractivity contribution >= 4 is 98.2 Å². The minimum absolute atomic E-state index is 0.0526. The van der Waals surface area contributed by atoms with Crippen molar-refractivity contribution in [3.8, 4) is 0 Å². The maximum atomic E-state index is 14.5. The van der Waals surface area contributed by atoms with E-state index >= 15 is 0 Å². The Kier molecular flexibility index (Phi) is 23.5. The monoisotopic (exact) mass is 1020 g/mol. The third-order valence-electron chi connectivity index (χ3n) is 11.3. The maximum absolute atomic E-state index is 14.5. The van der Waals surface area contributed by atoms with E-state index in [0.29, 0.717) is 23.4 Å². The summed E-state index contributed by atoms with van der Waals surface area (Å²) in [4.78, 5) is 148. The molecule has 2 aliphatic heterocycles. The smallest absolute Gasteiger partial charge is 0.246 e. The number of halogens is 1. The molecule has 382 valence electrons. The van der Waals surface area contributed by atoms with Gasteiger partial charge in [-0.2, -0.15) is 0 Å². The molecule has 1 aromatic carbocycles. The molecule has 15 N–H and O–H groups in total. The Bertz CT molecular complexity index is 2050. The van der Waals surface area contributed by atoms with Crippen LogP contribution in [0.1, 0.15) is 78.2 Å². The zero-order chi connectivity index (χ0) is 51.5. The second-order valence-corrected chi connectivity index (χ2v) is 20.4. The second kappa shape index (κ2) is 28.1. The lowest BCUT2D eigenvalue weighted by Crippen LogP contribution is -2.61. The minimum atomic E-state index is -1.74. The largest absolute Gasteiger partial charge is 0.370 e. The quantitative estimate of drug-likeness (QED) is 0.0710. The van der Waals surface area contributed by atoms with E-state index in [0.717, 1.165) is 21.6 Å². The molecular weight excluding hydrogens is 960 g/mol. The van der Waals surface area contributed by atoms with Crippen LogP contribution in [0.5, 0.6) is 0 Å². The molecule has 69 heavy (non-hydrogen) atoms. The van der Waals surface area contributed by atoms with Gasteiger partial charge in [0.1, 0.15) is 42.3 Å². The van der Waals surface area contributed by atoms with Gasteiger partial charge in [0, 0.05) is 35.9 Å². The van der Waals surface area contributed by atoms with Gasteiger partial charge in [-0.15, -0.1) is 0 Å². The van der Waals surface area contributed by atoms with Crippen molar-refractivity contribution in [2.75, 3.05) is 24.6 Å². The molecule has 2 heterocycles. The third kappa shape index (κ3) is 19.0. The number of likely N-dealkylation sites (tertiary alicyclic amines) is 1. The molecule has 9 atom stereocenters. The lowest BCUT2D eigenvalue weighted by Gasteiger charge is -2.31. The summed E-state index contributed by atoms with van der Waals surface area (Å²) in [5, 5.41) is 18.4. The molecule has 1 unspecified atom stereocenters. The third-order valence-corrected chi connectivity index (χ3v) is 14.0. The normalized spacial score (nSPS) is 24.3. The van der Waals surface area contributed by atoms with E-state index in [2.05, 4.69) is 37.2 Å². The van der Waals surface area contributed by atoms with Gasteiger partial charge in [0.05, 0.1) is 19.0 Å². The fourth-order valence-electron chi connectivity index (χ4n) is 7.33. The molecule has 26 heteroatoms. The Morgan fingerprint density at radius 2 is 1.39 bits per heavy atom. The average molecular weight is 1030 g/mol. The molecule has 1 aromatic rings. The van der Waals surface area contributed by atoms with Gasteiger partial charge in [-0.25, -0.2) is 0 Å². The molecule has 3 rings (SSSR count). The maximum Gasteiger partial charge on any atom is 0.246 e. The lowest BCUT2D eigenvalue weighted by atomic mass is 9.96. The van der Waals surface area contributed by atoms with Crippen LogP contribution in [0.15, 0.2) is 24.3 Å². The Labute approximate surface area is 413 Å². The topological polar surface area (TPSA) is 379 Å². The Hall–Kier alpha value is -5.66. The van der Waals surface area contributed by atoms with Crippen LogP contribution in [0.4, 0.5) is 0 Å². The number of nitrogens with one attached hydrogen (secondary N) is 7. The highest BCUT2D eigenvalue weighted by Gasteiger charge is 2.41. The SMILES string of the molecule is CC[C@H](C)[C@@H]1NC(=O)[C@@H](Cc2ccc(Cl)cc2)NC(=O)[C@@H](N)CSSC[C@@H](C(=O)N2CCC[C@H]2C(=O)N[C@@H](CC(C)C)C(=O)NCC(N)=O)NC(=O)[C@H](CC(N)=O)NC(=O)C(CCC(N)=O)NC1=O. The molecule has 23 nitrogen and oxygen atoms in total. The summed E-state index contributed by atoms with van der Waals surface area (Å²) >= 11 is 6.09. The van der Waals surface area contributed by atoms with Crippen molar-refractivity contribution < 1.29 is 52.7 Å². The molecule has 0 radical (unpaired) electrons. The minimum Gasteiger partial charge on any atom is -0.370 e. The van der Waals surface area contributed by atoms with Crippen molar-refractivity contribution in [2.45, 2.75) is 127 Å². The number of hydrogen-bond acceptors (Lipinski definition) is 14. The van der Waals surface area contributed by atoms with E-state index in [1.54, 1.807) is 38.1 Å². The van der Waals surface area contributed by atoms with Crippen molar-refractivity contribution in [1.29, 1.82) is 0 Å². The summed E-state index contributed by atoms with van der Waals surface area (Å²) in [7, 11) is 2.07. The molecule has 2 saturated heterocycles. The number of primary amides is 3. The first-order valence-corrected chi connectivity index (χ1v) is 25.4. The van der Waals surface area contributed by atoms with E-state index in [1.165, 1.54) is 4.90 Å². The van der Waals surface area contributed by atoms with Gasteiger partial charge < -0.3 is 65.1 Å². The Morgan fingerprint density at radius 3 is 2.00 bits per heavy atom. The zero-order valence-electron chi connectivity index (χ0n) is 39.0. The van der Waals surface area contributed by atoms with Crippen molar-refractivity contribution in [2.24, 2.45) is 34.8 Å². The standard InChI is InChI=1S/C43H65ClN12O11S2/c1-5-22(4)35-42(66)50-26(12-13-32(46)57)38(62)52-29(17-33(47)58)39(63)54-30(20-69-68-19-25(45)36(60)51-28(40(64)55-35)16-23-8-10-24(44)11-9-23)43(67)56-14-6-7-31(56)41(65)53-27(15-21(2)3)37(61)49-18-34(48)59/h8-11,21-22,25-31,35H,5-7,12-20,45H2,1-4H3,(H2,46,57)(H2,47,58)(H2,48,59)(H,49,61)(H,50,66)(H,51,60)(H,52,62)(H,53,65)(H,54,63)(H,55,64)/t22-,25-,26?,27-,28+,29-,30-,31-,35-/m0/s1. The summed E-state index contributed by atoms with van der Waals surface area (Å²) in [6, 6.07) is -4.28. The molecule has 0 bridgehead atoms. The van der Waals surface area contributed by atoms with Crippen LogP contribution in [0.2, 0.25) is 5.02 Å². The number of rotatable bonds is 17. The van der Waals surface area contributed by atoms with E-state index < -0.39 is 139 Å². The van der Waals surface area contributed by atoms with Gasteiger partial charge in [0.2, 0.25) is 65.0 Å². The fourth-order valence-corrected chi connectivity index (χ4v) is 9.74. The lowest BCUT2D eigenvalue weighted by molar-refractivity contribution is -0.142. The number of amides is 11. The number of nitrogens with two attached hydrogens (primary N) is 4. The molecule has 0 saturated carbocycles. The van der Waals surface area contributed by atoms with E-state index in [1.807, 2.05) is 13.8 Å². The van der Waals surface area contributed by atoms with E-state index in [9.17, 15) is 52.7 Å². The summed E-state index contributed by atoms with van der Waals surface area (Å²) in [6.07, 6.45) is -0.589. The van der Waals surface area contributed by atoms with Crippen LogP contribution < -0.4 is 60.2 Å². The van der Waals surface area contributed by atoms with Crippen LogP contribution in [0.3, 0.4) is 0 Å². The van der Waals surface area contributed by atoms with Gasteiger partial charge in [0.25, 0.3) is 0 Å². The van der Waals surface area contributed by atoms with Crippen molar-refractivity contribution in [1.82, 2.24) is 42.1 Å². The highest BCUT2D eigenvalue weighted by molar-refractivity contribution is 8.76. The van der Waals surface area contributed by atoms with Gasteiger partial charge >= 0.3 is 0 Å². The summed E-state index contributed by atoms with van der Waals surface area (Å²) in [5.41, 5.74) is 23.0. The molecule has 0 aromatic heterocycles. The first-order chi connectivity index (χ1) is 32.5. The van der Waals surface area contributed by atoms with Crippen LogP contribution >= 0.6 is 33.2 Å². The summed E-state index contributed by atoms with van der Waals surface area (Å²) < 4.78 is 0. The van der Waals surface area contributed by atoms with Crippen molar-refractivity contribution in [3.05, 3.63) is 34.9 Å². The highest BCUT2D eigenvalue weighted by Crippen LogP contribution is 2.26. The molecule has 2 aliphatic rings. The Balaban J connectivity index is 2.05. The van der Waals surface area contributed by atoms with E-state index in [4.69, 9.17) is 34.5 Å². The second-order valence-electron chi connectivity index (χ2n) is 17.4. The Morgan fingerprint density at radius 1 is 0.783 bits per heavy atom. The zero-order valence-corrected chi connectivity index (χ0v) is 41.4. The van der Waals surface area contributed by atoms with Crippen molar-refractivity contribution in [3.63, 3.8) is 0 Å². The number of hydrogen-bond donors (Lipinski definition) is 11. The molecule has 11 amide bonds. The van der Waals surface area contributed by atoms with Crippen LogP contribution in [0, 0.1) is 11.8 Å². The van der Waals surface area contributed by atoms with Crippen LogP contribution in [-0.2, 0) is 59.2 Å². The van der Waals surface area contributed by atoms with Gasteiger partial charge in [-0.3, -0.25) is 52.7 Å². The molecule has 2 fully saturated rings. The first kappa shape index (κ1) is 57.7. The van der Waals surface area contributed by atoms with Gasteiger partial charge in [-0.1, -0.05) is 79.4 Å². The number of nitrogens with zero attached hydrogens (tertiary/aromatic N) is 1. The fraction of sp³-hybridized carbons (Fsp3) is 0.605. The molecule has 0 aliphatic carbocycles. The number of carbonyl (C=O) groups excluding carboxylic acids is 11. The number of benzene rings is 1. The van der Waals surface area contributed by atoms with Gasteiger partial charge in [-0.05, 0) is 55.2 Å². The predicted octanol–water partition coefficient (Wildman–Crippen LogP) is -2.66. The summed E-state index contributed by atoms with van der Waals surface area (Å²) in [5.74, 6) is -10.2. The predicted molar refractivity (Wildman–Crippen MR) is 258 cm³/mol. The van der Waals surface area contributed by atoms with Crippen LogP contribution in [-0.4, -0.2) is 143 Å². The van der Waals surface area contributed by atoms with Gasteiger partial charge in [0.15, 0.2) is 0 Å². The average Bonchev–Trinajstić information content (AvgIpc) is 3.78. The summed E-state index contributed by atoms with van der Waals surface area (Å²) in [6.45, 7) is 6.64. The van der Waals surface area contributed by atoms with E-state index in [-0.39, 0.29) is 49.7 Å².